The molecule has 0 aliphatic rings. The number of benzene rings is 1. The lowest BCUT2D eigenvalue weighted by molar-refractivity contribution is -0.126. The third-order valence-electron chi connectivity index (χ3n) is 3.75. The van der Waals surface area contributed by atoms with Crippen molar-refractivity contribution in [2.24, 2.45) is 0 Å². The van der Waals surface area contributed by atoms with Gasteiger partial charge in [-0.15, -0.1) is 11.3 Å². The van der Waals surface area contributed by atoms with Crippen LogP contribution in [0.4, 0.5) is 10.1 Å². The smallest absolute Gasteiger partial charge is 0.228 e. The Morgan fingerprint density at radius 2 is 2.09 bits per heavy atom. The van der Waals surface area contributed by atoms with Crippen LogP contribution in [0.1, 0.15) is 31.1 Å². The number of nitrogen functional groups attached to an aromatic ring is 1. The van der Waals surface area contributed by atoms with Crippen LogP contribution in [0.25, 0.3) is 10.4 Å². The number of nitrogens with zero attached hydrogens (tertiary/aromatic N) is 1. The second-order valence-corrected chi connectivity index (χ2v) is 6.70. The van der Waals surface area contributed by atoms with E-state index in [2.05, 4.69) is 0 Å². The lowest BCUT2D eigenvalue weighted by Crippen LogP contribution is -2.31. The zero-order valence-corrected chi connectivity index (χ0v) is 14.2. The molecule has 0 aliphatic heterocycles. The molecule has 0 saturated carbocycles. The van der Waals surface area contributed by atoms with E-state index in [1.54, 1.807) is 37.4 Å². The number of nitrogens with one attached hydrogen (secondary N) is 1. The molecule has 6 heteroatoms. The first-order valence-corrected chi connectivity index (χ1v) is 8.08. The molecule has 23 heavy (non-hydrogen) atoms. The normalized spacial score (nSPS) is 12.0. The van der Waals surface area contributed by atoms with Gasteiger partial charge in [0.05, 0.1) is 11.5 Å². The van der Waals surface area contributed by atoms with Crippen molar-refractivity contribution in [2.75, 3.05) is 12.8 Å². The van der Waals surface area contributed by atoms with Crippen molar-refractivity contribution in [2.45, 2.75) is 26.2 Å². The Kier molecular flexibility index (Phi) is 5.15. The topological polar surface area (TPSA) is 70.2 Å². The van der Waals surface area contributed by atoms with Crippen LogP contribution in [0.2, 0.25) is 0 Å². The number of rotatable bonds is 4. The summed E-state index contributed by atoms with van der Waals surface area (Å²) < 4.78 is 13.3. The third kappa shape index (κ3) is 3.96. The fraction of sp³-hybridized carbons (Fsp3) is 0.294. The number of nitrogens with two attached hydrogens (primary N) is 1. The number of halogens is 1. The van der Waals surface area contributed by atoms with Gasteiger partial charge in [0.15, 0.2) is 0 Å². The standard InChI is InChI=1S/C17H20FN3OS/c1-10(8-17(22)21(3)11(2)19)15-6-7-16(23-15)12-4-5-13(18)14(20)9-12/h4-7,9-10,19H,8,20H2,1-3H3/t10-/m0/s1. The zero-order valence-electron chi connectivity index (χ0n) is 13.4. The maximum absolute atomic E-state index is 13.3. The maximum atomic E-state index is 13.3. The van der Waals surface area contributed by atoms with Crippen LogP contribution in [0.15, 0.2) is 30.3 Å². The number of amidine groups is 1. The van der Waals surface area contributed by atoms with Crippen molar-refractivity contribution in [3.63, 3.8) is 0 Å². The van der Waals surface area contributed by atoms with Gasteiger partial charge in [0.2, 0.25) is 5.91 Å². The Morgan fingerprint density at radius 1 is 1.39 bits per heavy atom. The maximum Gasteiger partial charge on any atom is 0.228 e. The summed E-state index contributed by atoms with van der Waals surface area (Å²) in [6.45, 7) is 3.57. The van der Waals surface area contributed by atoms with E-state index in [1.807, 2.05) is 19.1 Å². The summed E-state index contributed by atoms with van der Waals surface area (Å²) in [5, 5.41) is 7.50. The predicted molar refractivity (Wildman–Crippen MR) is 93.3 cm³/mol. The van der Waals surface area contributed by atoms with Crippen LogP contribution in [-0.2, 0) is 4.79 Å². The Bertz CT molecular complexity index is 741. The number of carbonyl (C=O) groups is 1. The van der Waals surface area contributed by atoms with Gasteiger partial charge in [-0.2, -0.15) is 0 Å². The number of amides is 1. The van der Waals surface area contributed by atoms with Gasteiger partial charge in [-0.05, 0) is 42.7 Å². The Balaban J connectivity index is 2.13. The molecule has 1 aromatic carbocycles. The third-order valence-corrected chi connectivity index (χ3v) is 5.12. The first-order valence-electron chi connectivity index (χ1n) is 7.26. The van der Waals surface area contributed by atoms with E-state index < -0.39 is 5.82 Å². The molecule has 1 aromatic heterocycles. The van der Waals surface area contributed by atoms with E-state index in [-0.39, 0.29) is 23.3 Å². The quantitative estimate of drug-likeness (QED) is 0.503. The molecule has 2 rings (SSSR count). The summed E-state index contributed by atoms with van der Waals surface area (Å²) >= 11 is 1.57. The monoisotopic (exact) mass is 333 g/mol. The molecule has 0 saturated heterocycles. The van der Waals surface area contributed by atoms with Crippen molar-refractivity contribution in [1.29, 1.82) is 5.41 Å². The highest BCUT2D eigenvalue weighted by atomic mass is 32.1. The first kappa shape index (κ1) is 17.1. The fourth-order valence-electron chi connectivity index (χ4n) is 2.16. The lowest BCUT2D eigenvalue weighted by atomic mass is 10.1. The number of anilines is 1. The summed E-state index contributed by atoms with van der Waals surface area (Å²) in [6.07, 6.45) is 0.345. The van der Waals surface area contributed by atoms with Gasteiger partial charge in [-0.25, -0.2) is 4.39 Å². The van der Waals surface area contributed by atoms with Crippen LogP contribution in [0.3, 0.4) is 0 Å². The molecule has 1 heterocycles. The SMILES string of the molecule is CC(=N)N(C)C(=O)C[C@H](C)c1ccc(-c2ccc(F)c(N)c2)s1. The van der Waals surface area contributed by atoms with Gasteiger partial charge >= 0.3 is 0 Å². The molecule has 0 aliphatic carbocycles. The van der Waals surface area contributed by atoms with Crippen LogP contribution in [-0.4, -0.2) is 23.7 Å². The second-order valence-electron chi connectivity index (χ2n) is 5.58. The fourth-order valence-corrected chi connectivity index (χ4v) is 3.21. The number of hydrogen-bond acceptors (Lipinski definition) is 4. The van der Waals surface area contributed by atoms with Crippen molar-refractivity contribution in [3.8, 4) is 10.4 Å². The van der Waals surface area contributed by atoms with Gasteiger partial charge in [0, 0.05) is 23.2 Å². The molecule has 0 radical (unpaired) electrons. The highest BCUT2D eigenvalue weighted by molar-refractivity contribution is 7.15. The molecule has 1 amide bonds. The minimum absolute atomic E-state index is 0.0563. The molecule has 1 atom stereocenters. The van der Waals surface area contributed by atoms with E-state index >= 15 is 0 Å². The molecular formula is C17H20FN3OS. The van der Waals surface area contributed by atoms with Gasteiger partial charge in [-0.3, -0.25) is 10.2 Å². The molecule has 2 aromatic rings. The molecule has 0 fully saturated rings. The number of hydrogen-bond donors (Lipinski definition) is 2. The number of thiophene rings is 1. The van der Waals surface area contributed by atoms with Crippen molar-refractivity contribution in [3.05, 3.63) is 41.0 Å². The van der Waals surface area contributed by atoms with E-state index in [0.717, 1.165) is 15.3 Å². The lowest BCUT2D eigenvalue weighted by Gasteiger charge is -2.17. The molecule has 0 bridgehead atoms. The number of carbonyl (C=O) groups excluding carboxylic acids is 1. The van der Waals surface area contributed by atoms with E-state index in [0.29, 0.717) is 6.42 Å². The summed E-state index contributed by atoms with van der Waals surface area (Å²) in [7, 11) is 1.61. The average molecular weight is 333 g/mol. The van der Waals surface area contributed by atoms with Crippen LogP contribution >= 0.6 is 11.3 Å². The van der Waals surface area contributed by atoms with Gasteiger partial charge in [0.25, 0.3) is 0 Å². The van der Waals surface area contributed by atoms with Gasteiger partial charge in [0.1, 0.15) is 5.82 Å². The van der Waals surface area contributed by atoms with E-state index in [9.17, 15) is 9.18 Å². The Labute approximate surface area is 139 Å². The largest absolute Gasteiger partial charge is 0.396 e. The van der Waals surface area contributed by atoms with Crippen molar-refractivity contribution < 1.29 is 9.18 Å². The van der Waals surface area contributed by atoms with Crippen molar-refractivity contribution in [1.82, 2.24) is 4.90 Å². The Morgan fingerprint density at radius 3 is 2.70 bits per heavy atom. The van der Waals surface area contributed by atoms with E-state index in [4.69, 9.17) is 11.1 Å². The predicted octanol–water partition coefficient (Wildman–Crippen LogP) is 4.09. The van der Waals surface area contributed by atoms with Crippen LogP contribution in [0.5, 0.6) is 0 Å². The van der Waals surface area contributed by atoms with Crippen LogP contribution < -0.4 is 5.73 Å². The zero-order chi connectivity index (χ0) is 17.1. The molecule has 3 N–H and O–H groups in total. The molecular weight excluding hydrogens is 313 g/mol. The molecule has 0 spiro atoms. The minimum Gasteiger partial charge on any atom is -0.396 e. The molecule has 4 nitrogen and oxygen atoms in total. The molecule has 122 valence electrons. The summed E-state index contributed by atoms with van der Waals surface area (Å²) in [6, 6.07) is 8.61. The van der Waals surface area contributed by atoms with Crippen molar-refractivity contribution >= 4 is 28.8 Å². The Hall–Kier alpha value is -2.21. The minimum atomic E-state index is -0.422. The highest BCUT2D eigenvalue weighted by Gasteiger charge is 2.17. The van der Waals surface area contributed by atoms with Gasteiger partial charge in [-0.1, -0.05) is 13.0 Å². The average Bonchev–Trinajstić information content (AvgIpc) is 2.99. The second kappa shape index (κ2) is 6.91. The van der Waals surface area contributed by atoms with Gasteiger partial charge < -0.3 is 10.6 Å². The summed E-state index contributed by atoms with van der Waals surface area (Å²) in [5.41, 5.74) is 6.61. The van der Waals surface area contributed by atoms with E-state index in [1.165, 1.54) is 11.0 Å². The summed E-state index contributed by atoms with van der Waals surface area (Å²) in [5.74, 6) is -0.211. The first-order chi connectivity index (χ1) is 10.8. The van der Waals surface area contributed by atoms with Crippen LogP contribution in [0, 0.1) is 11.2 Å². The molecule has 0 unspecified atom stereocenters. The summed E-state index contributed by atoms with van der Waals surface area (Å²) in [4.78, 5) is 15.5. The highest BCUT2D eigenvalue weighted by Crippen LogP contribution is 2.34.